The Morgan fingerprint density at radius 3 is 2.48 bits per heavy atom. The molecule has 2 aliphatic rings. The molecule has 0 aliphatic carbocycles. The van der Waals surface area contributed by atoms with Gasteiger partial charge in [-0.2, -0.15) is 10.2 Å². The van der Waals surface area contributed by atoms with Crippen molar-refractivity contribution in [3.05, 3.63) is 35.9 Å². The number of azo groups is 1. The molecule has 0 saturated carbocycles. The topological polar surface area (TPSA) is 54.3 Å². The van der Waals surface area contributed by atoms with E-state index in [1.54, 1.807) is 0 Å². The molecule has 136 valence electrons. The van der Waals surface area contributed by atoms with Crippen LogP contribution in [0.25, 0.3) is 0 Å². The fourth-order valence-electron chi connectivity index (χ4n) is 4.14. The molecule has 0 unspecified atom stereocenters. The van der Waals surface area contributed by atoms with Gasteiger partial charge in [0, 0.05) is 18.9 Å². The molecule has 25 heavy (non-hydrogen) atoms. The molecule has 0 bridgehead atoms. The molecule has 2 heterocycles. The number of nitrogens with zero attached hydrogens (tertiary/aromatic N) is 3. The number of rotatable bonds is 2. The Labute approximate surface area is 150 Å². The molecule has 1 amide bonds. The SMILES string of the molecule is C[C@@H]1N(C(=O)OC(C)(C)C)C[C@@H]2C(C)(C)N=N[C@]12Cc1ccccc1. The van der Waals surface area contributed by atoms with Crippen molar-refractivity contribution in [3.8, 4) is 0 Å². The average molecular weight is 343 g/mol. The number of likely N-dealkylation sites (tertiary alicyclic amines) is 1. The van der Waals surface area contributed by atoms with Crippen LogP contribution in [0.4, 0.5) is 4.79 Å². The lowest BCUT2D eigenvalue weighted by molar-refractivity contribution is 0.0208. The van der Waals surface area contributed by atoms with Crippen LogP contribution in [-0.4, -0.2) is 40.3 Å². The standard InChI is InChI=1S/C20H29N3O2/c1-14-20(12-15-10-8-7-9-11-15)16(19(5,6)21-22-20)13-23(14)17(24)25-18(2,3)4/h7-11,14,16H,12-13H2,1-6H3/t14-,16+,20+/m0/s1. The molecule has 5 nitrogen and oxygen atoms in total. The van der Waals surface area contributed by atoms with Crippen molar-refractivity contribution in [1.29, 1.82) is 0 Å². The molecule has 2 aliphatic heterocycles. The van der Waals surface area contributed by atoms with Gasteiger partial charge >= 0.3 is 6.09 Å². The van der Waals surface area contributed by atoms with Crippen LogP contribution in [0.2, 0.25) is 0 Å². The van der Waals surface area contributed by atoms with E-state index in [0.717, 1.165) is 6.42 Å². The van der Waals surface area contributed by atoms with Crippen molar-refractivity contribution in [2.45, 2.75) is 70.7 Å². The van der Waals surface area contributed by atoms with E-state index in [1.165, 1.54) is 5.56 Å². The first-order chi connectivity index (χ1) is 11.6. The lowest BCUT2D eigenvalue weighted by Gasteiger charge is -2.33. The summed E-state index contributed by atoms with van der Waals surface area (Å²) in [4.78, 5) is 14.6. The molecule has 0 aromatic heterocycles. The molecule has 5 heteroatoms. The van der Waals surface area contributed by atoms with Gasteiger partial charge < -0.3 is 9.64 Å². The lowest BCUT2D eigenvalue weighted by Crippen LogP contribution is -2.48. The second-order valence-electron chi connectivity index (χ2n) is 8.87. The highest BCUT2D eigenvalue weighted by Crippen LogP contribution is 2.51. The average Bonchev–Trinajstić information content (AvgIpc) is 2.92. The Hall–Kier alpha value is -1.91. The molecular formula is C20H29N3O2. The zero-order chi connectivity index (χ0) is 18.5. The highest BCUT2D eigenvalue weighted by atomic mass is 16.6. The maximum atomic E-state index is 12.7. The van der Waals surface area contributed by atoms with Gasteiger partial charge in [0.2, 0.25) is 0 Å². The van der Waals surface area contributed by atoms with E-state index in [0.29, 0.717) is 6.54 Å². The fourth-order valence-corrected chi connectivity index (χ4v) is 4.14. The maximum absolute atomic E-state index is 12.7. The number of hydrogen-bond donors (Lipinski definition) is 0. The Kier molecular flexibility index (Phi) is 4.17. The van der Waals surface area contributed by atoms with Gasteiger partial charge in [-0.25, -0.2) is 4.79 Å². The summed E-state index contributed by atoms with van der Waals surface area (Å²) in [7, 11) is 0. The predicted molar refractivity (Wildman–Crippen MR) is 97.7 cm³/mol. The molecule has 1 aromatic rings. The number of hydrogen-bond acceptors (Lipinski definition) is 4. The van der Waals surface area contributed by atoms with E-state index in [-0.39, 0.29) is 29.1 Å². The van der Waals surface area contributed by atoms with Crippen LogP contribution in [0.1, 0.15) is 47.1 Å². The minimum absolute atomic E-state index is 0.0573. The zero-order valence-electron chi connectivity index (χ0n) is 16.1. The first kappa shape index (κ1) is 17.9. The molecular weight excluding hydrogens is 314 g/mol. The van der Waals surface area contributed by atoms with E-state index in [2.05, 4.69) is 38.0 Å². The number of ether oxygens (including phenoxy) is 1. The largest absolute Gasteiger partial charge is 0.444 e. The van der Waals surface area contributed by atoms with Gasteiger partial charge in [0.25, 0.3) is 0 Å². The third-order valence-electron chi connectivity index (χ3n) is 5.48. The number of benzene rings is 1. The van der Waals surface area contributed by atoms with E-state index in [1.807, 2.05) is 43.9 Å². The van der Waals surface area contributed by atoms with Crippen LogP contribution < -0.4 is 0 Å². The summed E-state index contributed by atoms with van der Waals surface area (Å²) >= 11 is 0. The quantitative estimate of drug-likeness (QED) is 0.795. The summed E-state index contributed by atoms with van der Waals surface area (Å²) in [5, 5.41) is 9.35. The van der Waals surface area contributed by atoms with Crippen molar-refractivity contribution in [1.82, 2.24) is 4.90 Å². The second-order valence-corrected chi connectivity index (χ2v) is 8.87. The molecule has 1 saturated heterocycles. The monoisotopic (exact) mass is 343 g/mol. The normalized spacial score (nSPS) is 30.4. The predicted octanol–water partition coefficient (Wildman–Crippen LogP) is 4.47. The Morgan fingerprint density at radius 1 is 1.24 bits per heavy atom. The molecule has 3 rings (SSSR count). The van der Waals surface area contributed by atoms with Crippen LogP contribution in [-0.2, 0) is 11.2 Å². The number of fused-ring (bicyclic) bond motifs is 1. The summed E-state index contributed by atoms with van der Waals surface area (Å²) in [6, 6.07) is 10.3. The van der Waals surface area contributed by atoms with Gasteiger partial charge in [0.15, 0.2) is 0 Å². The van der Waals surface area contributed by atoms with Crippen LogP contribution >= 0.6 is 0 Å². The number of amides is 1. The highest BCUT2D eigenvalue weighted by Gasteiger charge is 2.62. The first-order valence-electron chi connectivity index (χ1n) is 9.03. The van der Waals surface area contributed by atoms with Gasteiger partial charge in [-0.3, -0.25) is 0 Å². The van der Waals surface area contributed by atoms with Crippen LogP contribution in [0, 0.1) is 5.92 Å². The second kappa shape index (κ2) is 5.82. The molecule has 0 radical (unpaired) electrons. The van der Waals surface area contributed by atoms with Gasteiger partial charge in [0.1, 0.15) is 11.1 Å². The lowest BCUT2D eigenvalue weighted by atomic mass is 9.71. The van der Waals surface area contributed by atoms with Crippen LogP contribution in [0.15, 0.2) is 40.6 Å². The maximum Gasteiger partial charge on any atom is 0.410 e. The first-order valence-corrected chi connectivity index (χ1v) is 9.03. The van der Waals surface area contributed by atoms with E-state index in [9.17, 15) is 4.79 Å². The number of carbonyl (C=O) groups is 1. The van der Waals surface area contributed by atoms with Crippen molar-refractivity contribution < 1.29 is 9.53 Å². The van der Waals surface area contributed by atoms with Crippen molar-refractivity contribution >= 4 is 6.09 Å². The summed E-state index contributed by atoms with van der Waals surface area (Å²) < 4.78 is 5.64. The molecule has 1 aromatic carbocycles. The van der Waals surface area contributed by atoms with Crippen LogP contribution in [0.3, 0.4) is 0 Å². The van der Waals surface area contributed by atoms with E-state index >= 15 is 0 Å². The Morgan fingerprint density at radius 2 is 1.88 bits per heavy atom. The summed E-state index contributed by atoms with van der Waals surface area (Å²) in [5.74, 6) is 0.183. The summed E-state index contributed by atoms with van der Waals surface area (Å²) in [6.45, 7) is 12.6. The van der Waals surface area contributed by atoms with Gasteiger partial charge in [-0.1, -0.05) is 30.3 Å². The van der Waals surface area contributed by atoms with Crippen LogP contribution in [0.5, 0.6) is 0 Å². The highest BCUT2D eigenvalue weighted by molar-refractivity contribution is 5.69. The minimum atomic E-state index is -0.502. The van der Waals surface area contributed by atoms with E-state index in [4.69, 9.17) is 9.85 Å². The van der Waals surface area contributed by atoms with Crippen molar-refractivity contribution in [3.63, 3.8) is 0 Å². The Bertz CT molecular complexity index is 678. The zero-order valence-corrected chi connectivity index (χ0v) is 16.1. The van der Waals surface area contributed by atoms with Gasteiger partial charge in [0.05, 0.1) is 11.6 Å². The third-order valence-corrected chi connectivity index (χ3v) is 5.48. The smallest absolute Gasteiger partial charge is 0.410 e. The molecule has 0 N–H and O–H groups in total. The molecule has 0 spiro atoms. The molecule has 3 atom stereocenters. The van der Waals surface area contributed by atoms with E-state index < -0.39 is 5.60 Å². The molecule has 1 fully saturated rings. The van der Waals surface area contributed by atoms with Gasteiger partial charge in [-0.15, -0.1) is 0 Å². The minimum Gasteiger partial charge on any atom is -0.444 e. The fraction of sp³-hybridized carbons (Fsp3) is 0.650. The third kappa shape index (κ3) is 3.16. The summed E-state index contributed by atoms with van der Waals surface area (Å²) in [5.41, 5.74) is 0.0571. The van der Waals surface area contributed by atoms with Crippen molar-refractivity contribution in [2.24, 2.45) is 16.1 Å². The van der Waals surface area contributed by atoms with Crippen molar-refractivity contribution in [2.75, 3.05) is 6.54 Å². The Balaban J connectivity index is 1.92. The summed E-state index contributed by atoms with van der Waals surface area (Å²) in [6.07, 6.45) is 0.527. The van der Waals surface area contributed by atoms with Gasteiger partial charge in [-0.05, 0) is 47.1 Å². The number of carbonyl (C=O) groups excluding carboxylic acids is 1.